The topological polar surface area (TPSA) is 72.8 Å². The predicted octanol–water partition coefficient (Wildman–Crippen LogP) is 0.110. The highest BCUT2D eigenvalue weighted by Crippen LogP contribution is 2.04. The first-order valence-corrected chi connectivity index (χ1v) is 4.38. The zero-order valence-electron chi connectivity index (χ0n) is 8.65. The van der Waals surface area contributed by atoms with Crippen LogP contribution >= 0.6 is 0 Å². The molecular formula is C9H16O5. The van der Waals surface area contributed by atoms with Gasteiger partial charge in [0.25, 0.3) is 0 Å². The Labute approximate surface area is 83.0 Å². The Bertz CT molecular complexity index is 179. The third kappa shape index (κ3) is 6.42. The second-order valence-electron chi connectivity index (χ2n) is 3.15. The van der Waals surface area contributed by atoms with E-state index in [0.717, 1.165) is 0 Å². The van der Waals surface area contributed by atoms with Gasteiger partial charge in [0.15, 0.2) is 0 Å². The number of rotatable bonds is 5. The number of esters is 2. The van der Waals surface area contributed by atoms with Crippen molar-refractivity contribution in [2.45, 2.75) is 26.9 Å². The van der Waals surface area contributed by atoms with Crippen molar-refractivity contribution in [1.29, 1.82) is 0 Å². The summed E-state index contributed by atoms with van der Waals surface area (Å²) in [6.07, 6.45) is -0.807. The molecule has 0 aromatic carbocycles. The molecule has 0 rings (SSSR count). The van der Waals surface area contributed by atoms with Crippen LogP contribution < -0.4 is 0 Å². The Kier molecular flexibility index (Phi) is 5.87. The van der Waals surface area contributed by atoms with E-state index in [-0.39, 0.29) is 19.1 Å². The van der Waals surface area contributed by atoms with E-state index < -0.39 is 18.0 Å². The van der Waals surface area contributed by atoms with Gasteiger partial charge < -0.3 is 14.6 Å². The van der Waals surface area contributed by atoms with Crippen molar-refractivity contribution in [1.82, 2.24) is 0 Å². The van der Waals surface area contributed by atoms with Crippen molar-refractivity contribution < 1.29 is 24.2 Å². The van der Waals surface area contributed by atoms with Gasteiger partial charge in [-0.15, -0.1) is 0 Å². The lowest BCUT2D eigenvalue weighted by molar-refractivity contribution is -0.149. The minimum Gasteiger partial charge on any atom is -0.465 e. The molecule has 2 atom stereocenters. The van der Waals surface area contributed by atoms with E-state index in [1.807, 2.05) is 0 Å². The molecule has 0 aliphatic carbocycles. The molecule has 0 radical (unpaired) electrons. The molecule has 1 N–H and O–H groups in total. The molecule has 0 aliphatic rings. The van der Waals surface area contributed by atoms with Gasteiger partial charge in [-0.25, -0.2) is 0 Å². The van der Waals surface area contributed by atoms with Crippen molar-refractivity contribution in [2.75, 3.05) is 13.2 Å². The first kappa shape index (κ1) is 12.9. The lowest BCUT2D eigenvalue weighted by atomic mass is 10.1. The largest absolute Gasteiger partial charge is 0.465 e. The molecule has 0 aromatic heterocycles. The molecular weight excluding hydrogens is 188 g/mol. The Balaban J connectivity index is 3.69. The first-order valence-electron chi connectivity index (χ1n) is 4.38. The van der Waals surface area contributed by atoms with Crippen LogP contribution in [-0.4, -0.2) is 36.4 Å². The van der Waals surface area contributed by atoms with Crippen molar-refractivity contribution in [2.24, 2.45) is 5.92 Å². The SMILES string of the molecule is CC(=O)OCC(O)[C@@H](C)COC(C)=O. The zero-order valence-corrected chi connectivity index (χ0v) is 8.65. The number of carbonyl (C=O) groups is 2. The molecule has 0 amide bonds. The number of ether oxygens (including phenoxy) is 2. The third-order valence-corrected chi connectivity index (χ3v) is 1.66. The van der Waals surface area contributed by atoms with E-state index in [4.69, 9.17) is 4.74 Å². The van der Waals surface area contributed by atoms with Crippen LogP contribution in [0.1, 0.15) is 20.8 Å². The molecule has 0 spiro atoms. The van der Waals surface area contributed by atoms with Gasteiger partial charge in [0.1, 0.15) is 6.61 Å². The highest BCUT2D eigenvalue weighted by Gasteiger charge is 2.16. The van der Waals surface area contributed by atoms with Crippen molar-refractivity contribution in [3.05, 3.63) is 0 Å². The van der Waals surface area contributed by atoms with E-state index in [1.165, 1.54) is 13.8 Å². The van der Waals surface area contributed by atoms with Crippen LogP contribution in [0.5, 0.6) is 0 Å². The molecule has 14 heavy (non-hydrogen) atoms. The van der Waals surface area contributed by atoms with Gasteiger partial charge in [-0.2, -0.15) is 0 Å². The summed E-state index contributed by atoms with van der Waals surface area (Å²) in [5, 5.41) is 9.41. The predicted molar refractivity (Wildman–Crippen MR) is 48.4 cm³/mol. The van der Waals surface area contributed by atoms with E-state index in [9.17, 15) is 14.7 Å². The number of carbonyl (C=O) groups excluding carboxylic acids is 2. The Hall–Kier alpha value is -1.10. The number of hydrogen-bond acceptors (Lipinski definition) is 5. The van der Waals surface area contributed by atoms with Gasteiger partial charge >= 0.3 is 11.9 Å². The van der Waals surface area contributed by atoms with Crippen LogP contribution in [-0.2, 0) is 19.1 Å². The molecule has 1 unspecified atom stereocenters. The molecule has 0 aliphatic heterocycles. The maximum Gasteiger partial charge on any atom is 0.302 e. The lowest BCUT2D eigenvalue weighted by Crippen LogP contribution is -2.28. The van der Waals surface area contributed by atoms with Gasteiger partial charge in [0.05, 0.1) is 12.7 Å². The molecule has 0 aromatic rings. The average Bonchev–Trinajstić information content (AvgIpc) is 2.09. The van der Waals surface area contributed by atoms with E-state index in [1.54, 1.807) is 6.92 Å². The van der Waals surface area contributed by atoms with E-state index >= 15 is 0 Å². The maximum absolute atomic E-state index is 10.4. The molecule has 0 saturated carbocycles. The maximum atomic E-state index is 10.4. The monoisotopic (exact) mass is 204 g/mol. The highest BCUT2D eigenvalue weighted by molar-refractivity contribution is 5.66. The smallest absolute Gasteiger partial charge is 0.302 e. The summed E-state index contributed by atoms with van der Waals surface area (Å²) in [7, 11) is 0. The summed E-state index contributed by atoms with van der Waals surface area (Å²) in [6.45, 7) is 4.32. The van der Waals surface area contributed by atoms with Crippen LogP contribution in [0.25, 0.3) is 0 Å². The summed E-state index contributed by atoms with van der Waals surface area (Å²) in [4.78, 5) is 20.9. The fourth-order valence-corrected chi connectivity index (χ4v) is 0.727. The third-order valence-electron chi connectivity index (χ3n) is 1.66. The summed E-state index contributed by atoms with van der Waals surface area (Å²) >= 11 is 0. The van der Waals surface area contributed by atoms with Crippen LogP contribution in [0.3, 0.4) is 0 Å². The van der Waals surface area contributed by atoms with Gasteiger partial charge in [-0.05, 0) is 0 Å². The average molecular weight is 204 g/mol. The van der Waals surface area contributed by atoms with Crippen LogP contribution in [0, 0.1) is 5.92 Å². The highest BCUT2D eigenvalue weighted by atomic mass is 16.5. The van der Waals surface area contributed by atoms with Gasteiger partial charge in [-0.1, -0.05) is 6.92 Å². The standard InChI is InChI=1S/C9H16O5/c1-6(4-13-7(2)10)9(12)5-14-8(3)11/h6,9,12H,4-5H2,1-3H3/t6-,9?/m0/s1. The summed E-state index contributed by atoms with van der Waals surface area (Å²) in [5.41, 5.74) is 0. The fraction of sp³-hybridized carbons (Fsp3) is 0.778. The first-order chi connectivity index (χ1) is 6.43. The molecule has 0 heterocycles. The normalized spacial score (nSPS) is 14.3. The molecule has 0 fully saturated rings. The number of aliphatic hydroxyl groups is 1. The minimum atomic E-state index is -0.807. The molecule has 0 bridgehead atoms. The fourth-order valence-electron chi connectivity index (χ4n) is 0.727. The second kappa shape index (κ2) is 6.37. The number of hydrogen-bond donors (Lipinski definition) is 1. The molecule has 82 valence electrons. The minimum absolute atomic E-state index is 0.0717. The van der Waals surface area contributed by atoms with Crippen molar-refractivity contribution in [3.8, 4) is 0 Å². The lowest BCUT2D eigenvalue weighted by Gasteiger charge is -2.17. The van der Waals surface area contributed by atoms with Crippen LogP contribution in [0.15, 0.2) is 0 Å². The van der Waals surface area contributed by atoms with E-state index in [2.05, 4.69) is 4.74 Å². The quantitative estimate of drug-likeness (QED) is 0.643. The zero-order chi connectivity index (χ0) is 11.1. The molecule has 0 saturated heterocycles. The Morgan fingerprint density at radius 1 is 1.14 bits per heavy atom. The van der Waals surface area contributed by atoms with Crippen molar-refractivity contribution >= 4 is 11.9 Å². The van der Waals surface area contributed by atoms with Crippen LogP contribution in [0.4, 0.5) is 0 Å². The summed E-state index contributed by atoms with van der Waals surface area (Å²) < 4.78 is 9.29. The van der Waals surface area contributed by atoms with E-state index in [0.29, 0.717) is 0 Å². The van der Waals surface area contributed by atoms with Crippen molar-refractivity contribution in [3.63, 3.8) is 0 Å². The molecule has 5 nitrogen and oxygen atoms in total. The molecule has 5 heteroatoms. The second-order valence-corrected chi connectivity index (χ2v) is 3.15. The van der Waals surface area contributed by atoms with Gasteiger partial charge in [0.2, 0.25) is 0 Å². The van der Waals surface area contributed by atoms with Gasteiger partial charge in [0, 0.05) is 19.8 Å². The Morgan fingerprint density at radius 2 is 1.57 bits per heavy atom. The summed E-state index contributed by atoms with van der Waals surface area (Å²) in [5.74, 6) is -1.08. The Morgan fingerprint density at radius 3 is 2.00 bits per heavy atom. The summed E-state index contributed by atoms with van der Waals surface area (Å²) in [6, 6.07) is 0. The van der Waals surface area contributed by atoms with Gasteiger partial charge in [-0.3, -0.25) is 9.59 Å². The van der Waals surface area contributed by atoms with Crippen LogP contribution in [0.2, 0.25) is 0 Å². The number of aliphatic hydroxyl groups excluding tert-OH is 1.